The van der Waals surface area contributed by atoms with Gasteiger partial charge in [-0.2, -0.15) is 0 Å². The molecule has 2 N–H and O–H groups in total. The first-order valence-electron chi connectivity index (χ1n) is 8.33. The number of hydrogen-bond donors (Lipinski definition) is 2. The van der Waals surface area contributed by atoms with Crippen molar-refractivity contribution in [2.75, 3.05) is 20.8 Å². The van der Waals surface area contributed by atoms with E-state index < -0.39 is 0 Å². The van der Waals surface area contributed by atoms with Gasteiger partial charge in [-0.1, -0.05) is 19.3 Å². The van der Waals surface area contributed by atoms with E-state index in [4.69, 9.17) is 9.47 Å². The second-order valence-electron chi connectivity index (χ2n) is 6.06. The van der Waals surface area contributed by atoms with Gasteiger partial charge < -0.3 is 19.9 Å². The molecule has 1 atom stereocenters. The number of benzene rings is 1. The van der Waals surface area contributed by atoms with Crippen LogP contribution in [-0.4, -0.2) is 37.9 Å². The number of methoxy groups -OCH3 is 2. The van der Waals surface area contributed by atoms with Crippen LogP contribution in [0.15, 0.2) is 18.2 Å². The van der Waals surface area contributed by atoms with Crippen molar-refractivity contribution in [1.29, 1.82) is 0 Å². The molecule has 1 aliphatic rings. The summed E-state index contributed by atoms with van der Waals surface area (Å²) in [4.78, 5) is 12.7. The first-order valence-corrected chi connectivity index (χ1v) is 8.33. The third kappa shape index (κ3) is 4.61. The summed E-state index contributed by atoms with van der Waals surface area (Å²) in [6, 6.07) is 5.19. The van der Waals surface area contributed by atoms with Crippen LogP contribution in [0.4, 0.5) is 0 Å². The Balaban J connectivity index is 2.14. The van der Waals surface area contributed by atoms with E-state index >= 15 is 0 Å². The predicted molar refractivity (Wildman–Crippen MR) is 89.1 cm³/mol. The molecular formula is C18H27NO4. The number of rotatable bonds is 7. The molecule has 23 heavy (non-hydrogen) atoms. The van der Waals surface area contributed by atoms with Gasteiger partial charge >= 0.3 is 0 Å². The van der Waals surface area contributed by atoms with Gasteiger partial charge in [0.05, 0.1) is 19.8 Å². The predicted octanol–water partition coefficient (Wildman–Crippen LogP) is 2.76. The Morgan fingerprint density at radius 2 is 2.00 bits per heavy atom. The maximum Gasteiger partial charge on any atom is 0.255 e. The third-order valence-electron chi connectivity index (χ3n) is 4.63. The monoisotopic (exact) mass is 321 g/mol. The molecule has 2 rings (SSSR count). The lowest BCUT2D eigenvalue weighted by molar-refractivity contribution is 0.0896. The second kappa shape index (κ2) is 8.77. The van der Waals surface area contributed by atoms with Crippen molar-refractivity contribution in [2.45, 2.75) is 44.6 Å². The highest BCUT2D eigenvalue weighted by Gasteiger charge is 2.26. The fourth-order valence-electron chi connectivity index (χ4n) is 3.34. The number of aliphatic hydroxyl groups excluding tert-OH is 1. The zero-order valence-electron chi connectivity index (χ0n) is 14.0. The highest BCUT2D eigenvalue weighted by Crippen LogP contribution is 2.29. The van der Waals surface area contributed by atoms with Gasteiger partial charge in [-0.25, -0.2) is 0 Å². The summed E-state index contributed by atoms with van der Waals surface area (Å²) >= 11 is 0. The molecule has 5 heteroatoms. The lowest BCUT2D eigenvalue weighted by Gasteiger charge is -2.30. The molecule has 128 valence electrons. The summed E-state index contributed by atoms with van der Waals surface area (Å²) < 4.78 is 10.5. The van der Waals surface area contributed by atoms with Crippen LogP contribution in [0, 0.1) is 5.92 Å². The largest absolute Gasteiger partial charge is 0.497 e. The maximum absolute atomic E-state index is 12.7. The molecule has 0 heterocycles. The lowest BCUT2D eigenvalue weighted by atomic mass is 9.82. The first kappa shape index (κ1) is 17.6. The number of amides is 1. The highest BCUT2D eigenvalue weighted by molar-refractivity contribution is 5.97. The topological polar surface area (TPSA) is 67.8 Å². The number of aliphatic hydroxyl groups is 1. The van der Waals surface area contributed by atoms with Gasteiger partial charge in [-0.15, -0.1) is 0 Å². The van der Waals surface area contributed by atoms with E-state index in [1.54, 1.807) is 32.4 Å². The van der Waals surface area contributed by atoms with E-state index in [0.29, 0.717) is 29.4 Å². The number of hydrogen-bond acceptors (Lipinski definition) is 4. The zero-order valence-corrected chi connectivity index (χ0v) is 14.0. The highest BCUT2D eigenvalue weighted by atomic mass is 16.5. The molecule has 0 spiro atoms. The summed E-state index contributed by atoms with van der Waals surface area (Å²) in [5.41, 5.74) is 0.464. The van der Waals surface area contributed by atoms with E-state index in [9.17, 15) is 9.90 Å². The van der Waals surface area contributed by atoms with Crippen LogP contribution in [0.3, 0.4) is 0 Å². The summed E-state index contributed by atoms with van der Waals surface area (Å²) in [6.45, 7) is 0.0801. The average Bonchev–Trinajstić information content (AvgIpc) is 2.61. The number of nitrogens with one attached hydrogen (secondary N) is 1. The maximum atomic E-state index is 12.7. The Bertz CT molecular complexity index is 512. The van der Waals surface area contributed by atoms with E-state index in [0.717, 1.165) is 12.8 Å². The molecule has 1 aromatic rings. The Hall–Kier alpha value is -1.75. The zero-order chi connectivity index (χ0) is 16.7. The van der Waals surface area contributed by atoms with Crippen LogP contribution in [-0.2, 0) is 0 Å². The summed E-state index contributed by atoms with van der Waals surface area (Å²) in [7, 11) is 3.12. The standard InChI is InChI=1S/C18H27NO4/c1-22-14-8-9-17(23-2)15(12-14)18(21)19-16(10-11-20)13-6-4-3-5-7-13/h8-9,12-13,16,20H,3-7,10-11H2,1-2H3,(H,19,21)/t16-/m0/s1. The minimum absolute atomic E-state index is 0.00343. The van der Waals surface area contributed by atoms with Crippen LogP contribution in [0.25, 0.3) is 0 Å². The fraction of sp³-hybridized carbons (Fsp3) is 0.611. The third-order valence-corrected chi connectivity index (χ3v) is 4.63. The van der Waals surface area contributed by atoms with Gasteiger partial charge in [0.2, 0.25) is 0 Å². The second-order valence-corrected chi connectivity index (χ2v) is 6.06. The van der Waals surface area contributed by atoms with E-state index in [-0.39, 0.29) is 18.6 Å². The smallest absolute Gasteiger partial charge is 0.255 e. The first-order chi connectivity index (χ1) is 11.2. The van der Waals surface area contributed by atoms with Gasteiger partial charge in [0.1, 0.15) is 11.5 Å². The van der Waals surface area contributed by atoms with Crippen molar-refractivity contribution in [3.63, 3.8) is 0 Å². The molecule has 1 aliphatic carbocycles. The minimum Gasteiger partial charge on any atom is -0.497 e. The van der Waals surface area contributed by atoms with Gasteiger partial charge in [0.15, 0.2) is 0 Å². The van der Waals surface area contributed by atoms with E-state index in [1.807, 2.05) is 0 Å². The van der Waals surface area contributed by atoms with Crippen molar-refractivity contribution in [1.82, 2.24) is 5.32 Å². The number of ether oxygens (including phenoxy) is 2. The Kier molecular flexibility index (Phi) is 6.71. The SMILES string of the molecule is COc1ccc(OC)c(C(=O)N[C@@H](CCO)C2CCCCC2)c1. The molecule has 1 amide bonds. The van der Waals surface area contributed by atoms with Crippen LogP contribution < -0.4 is 14.8 Å². The molecule has 0 aromatic heterocycles. The van der Waals surface area contributed by atoms with Gasteiger partial charge in [-0.05, 0) is 43.4 Å². The molecule has 1 aromatic carbocycles. The van der Waals surface area contributed by atoms with Gasteiger partial charge in [-0.3, -0.25) is 4.79 Å². The van der Waals surface area contributed by atoms with E-state index in [2.05, 4.69) is 5.32 Å². The Labute approximate surface area is 138 Å². The Morgan fingerprint density at radius 3 is 2.61 bits per heavy atom. The molecule has 0 radical (unpaired) electrons. The molecular weight excluding hydrogens is 294 g/mol. The van der Waals surface area contributed by atoms with Crippen molar-refractivity contribution in [2.24, 2.45) is 5.92 Å². The van der Waals surface area contributed by atoms with Gasteiger partial charge in [0, 0.05) is 12.6 Å². The molecule has 0 saturated heterocycles. The number of carbonyl (C=O) groups excluding carboxylic acids is 1. The molecule has 0 unspecified atom stereocenters. The van der Waals surface area contributed by atoms with Crippen LogP contribution in [0.1, 0.15) is 48.9 Å². The van der Waals surface area contributed by atoms with Crippen molar-refractivity contribution >= 4 is 5.91 Å². The Morgan fingerprint density at radius 1 is 1.26 bits per heavy atom. The summed E-state index contributed by atoms with van der Waals surface area (Å²) in [5.74, 6) is 1.41. The molecule has 0 aliphatic heterocycles. The lowest BCUT2D eigenvalue weighted by Crippen LogP contribution is -2.41. The molecule has 0 bridgehead atoms. The average molecular weight is 321 g/mol. The van der Waals surface area contributed by atoms with Crippen LogP contribution >= 0.6 is 0 Å². The van der Waals surface area contributed by atoms with Crippen LogP contribution in [0.2, 0.25) is 0 Å². The number of carbonyl (C=O) groups is 1. The molecule has 1 saturated carbocycles. The summed E-state index contributed by atoms with van der Waals surface area (Å²) in [5, 5.41) is 12.4. The molecule has 1 fully saturated rings. The van der Waals surface area contributed by atoms with Crippen molar-refractivity contribution in [3.8, 4) is 11.5 Å². The normalized spacial score (nSPS) is 16.7. The summed E-state index contributed by atoms with van der Waals surface area (Å²) in [6.07, 6.45) is 6.47. The van der Waals surface area contributed by atoms with E-state index in [1.165, 1.54) is 19.3 Å². The minimum atomic E-state index is -0.176. The van der Waals surface area contributed by atoms with Gasteiger partial charge in [0.25, 0.3) is 5.91 Å². The van der Waals surface area contributed by atoms with Crippen molar-refractivity contribution in [3.05, 3.63) is 23.8 Å². The quantitative estimate of drug-likeness (QED) is 0.810. The van der Waals surface area contributed by atoms with Crippen molar-refractivity contribution < 1.29 is 19.4 Å². The molecule has 5 nitrogen and oxygen atoms in total. The van der Waals surface area contributed by atoms with Crippen LogP contribution in [0.5, 0.6) is 11.5 Å². The fourth-order valence-corrected chi connectivity index (χ4v) is 3.34.